The molecule has 1 fully saturated rings. The summed E-state index contributed by atoms with van der Waals surface area (Å²) in [6.45, 7) is 0.742. The van der Waals surface area contributed by atoms with Gasteiger partial charge in [-0.2, -0.15) is 0 Å². The van der Waals surface area contributed by atoms with Crippen molar-refractivity contribution in [3.05, 3.63) is 11.8 Å². The van der Waals surface area contributed by atoms with Crippen LogP contribution in [-0.2, 0) is 0 Å². The van der Waals surface area contributed by atoms with Gasteiger partial charge >= 0.3 is 0 Å². The zero-order valence-electron chi connectivity index (χ0n) is 6.71. The van der Waals surface area contributed by atoms with Crippen molar-refractivity contribution in [3.63, 3.8) is 0 Å². The Labute approximate surface area is 67.2 Å². The van der Waals surface area contributed by atoms with E-state index >= 15 is 0 Å². The first-order chi connectivity index (χ1) is 5.36. The van der Waals surface area contributed by atoms with Crippen LogP contribution in [0.25, 0.3) is 0 Å². The summed E-state index contributed by atoms with van der Waals surface area (Å²) in [6, 6.07) is 0. The van der Waals surface area contributed by atoms with Gasteiger partial charge in [0.15, 0.2) is 0 Å². The van der Waals surface area contributed by atoms with Gasteiger partial charge in [0, 0.05) is 17.3 Å². The molecule has 60 valence electrons. The summed E-state index contributed by atoms with van der Waals surface area (Å²) in [7, 11) is 0. The fourth-order valence-corrected chi connectivity index (χ4v) is 1.93. The van der Waals surface area contributed by atoms with E-state index in [1.807, 2.05) is 0 Å². The van der Waals surface area contributed by atoms with Crippen LogP contribution in [0.1, 0.15) is 25.7 Å². The molecule has 2 heteroatoms. The van der Waals surface area contributed by atoms with Crippen molar-refractivity contribution in [1.29, 1.82) is 0 Å². The Morgan fingerprint density at radius 1 is 1.36 bits per heavy atom. The summed E-state index contributed by atoms with van der Waals surface area (Å²) < 4.78 is 0. The first kappa shape index (κ1) is 6.89. The summed E-state index contributed by atoms with van der Waals surface area (Å²) >= 11 is 0. The van der Waals surface area contributed by atoms with E-state index in [1.54, 1.807) is 0 Å². The predicted molar refractivity (Wildman–Crippen MR) is 46.5 cm³/mol. The molecule has 0 amide bonds. The van der Waals surface area contributed by atoms with Crippen LogP contribution >= 0.6 is 0 Å². The second kappa shape index (κ2) is 2.68. The standard InChI is InChI=1S/C9H14N2/c10-8-5-9(11-6-8)7-3-1-2-4-7/h5,7H,1-4,6,10H2. The SMILES string of the molecule is NC1=CC(C2CCCC2)=NC1. The molecule has 1 saturated carbocycles. The molecule has 1 aliphatic carbocycles. The van der Waals surface area contributed by atoms with Crippen LogP contribution in [-0.4, -0.2) is 12.3 Å². The maximum atomic E-state index is 5.64. The zero-order valence-corrected chi connectivity index (χ0v) is 6.71. The van der Waals surface area contributed by atoms with E-state index in [-0.39, 0.29) is 0 Å². The van der Waals surface area contributed by atoms with E-state index in [0.29, 0.717) is 0 Å². The first-order valence-electron chi connectivity index (χ1n) is 4.36. The fourth-order valence-electron chi connectivity index (χ4n) is 1.93. The number of rotatable bonds is 1. The van der Waals surface area contributed by atoms with Gasteiger partial charge in [-0.15, -0.1) is 0 Å². The minimum absolute atomic E-state index is 0.732. The van der Waals surface area contributed by atoms with Gasteiger partial charge in [0.05, 0.1) is 6.54 Å². The molecule has 2 N–H and O–H groups in total. The van der Waals surface area contributed by atoms with Crippen molar-refractivity contribution in [2.24, 2.45) is 16.6 Å². The Balaban J connectivity index is 2.05. The molecule has 1 heterocycles. The topological polar surface area (TPSA) is 38.4 Å². The third kappa shape index (κ3) is 1.30. The number of hydrogen-bond donors (Lipinski definition) is 1. The van der Waals surface area contributed by atoms with Crippen molar-refractivity contribution in [2.45, 2.75) is 25.7 Å². The Morgan fingerprint density at radius 3 is 2.64 bits per heavy atom. The fraction of sp³-hybridized carbons (Fsp3) is 0.667. The summed E-state index contributed by atoms with van der Waals surface area (Å²) in [5.41, 5.74) is 7.84. The maximum absolute atomic E-state index is 5.64. The number of nitrogens with two attached hydrogens (primary N) is 1. The average molecular weight is 150 g/mol. The van der Waals surface area contributed by atoms with Crippen LogP contribution in [0.3, 0.4) is 0 Å². The third-order valence-corrected chi connectivity index (χ3v) is 2.55. The minimum Gasteiger partial charge on any atom is -0.400 e. The molecule has 0 radical (unpaired) electrons. The largest absolute Gasteiger partial charge is 0.400 e. The third-order valence-electron chi connectivity index (χ3n) is 2.55. The molecule has 0 unspecified atom stereocenters. The second-order valence-corrected chi connectivity index (χ2v) is 3.44. The van der Waals surface area contributed by atoms with Crippen molar-refractivity contribution >= 4 is 5.71 Å². The average Bonchev–Trinajstić information content (AvgIpc) is 2.55. The van der Waals surface area contributed by atoms with E-state index in [2.05, 4.69) is 11.1 Å². The van der Waals surface area contributed by atoms with Gasteiger partial charge in [0.2, 0.25) is 0 Å². The van der Waals surface area contributed by atoms with Gasteiger partial charge in [-0.3, -0.25) is 4.99 Å². The normalized spacial score (nSPS) is 25.5. The number of allylic oxidation sites excluding steroid dienone is 1. The smallest absolute Gasteiger partial charge is 0.0788 e. The van der Waals surface area contributed by atoms with Crippen molar-refractivity contribution in [2.75, 3.05) is 6.54 Å². The first-order valence-corrected chi connectivity index (χ1v) is 4.36. The van der Waals surface area contributed by atoms with Crippen LogP contribution in [0.15, 0.2) is 16.8 Å². The van der Waals surface area contributed by atoms with Gasteiger partial charge in [-0.1, -0.05) is 12.8 Å². The number of nitrogens with zero attached hydrogens (tertiary/aromatic N) is 1. The molecule has 2 rings (SSSR count). The lowest BCUT2D eigenvalue weighted by atomic mass is 10.0. The second-order valence-electron chi connectivity index (χ2n) is 3.44. The molecule has 1 aliphatic heterocycles. The lowest BCUT2D eigenvalue weighted by Crippen LogP contribution is -2.06. The predicted octanol–water partition coefficient (Wildman–Crippen LogP) is 1.47. The summed E-state index contributed by atoms with van der Waals surface area (Å²) in [5.74, 6) is 0.732. The molecule has 0 aromatic rings. The maximum Gasteiger partial charge on any atom is 0.0788 e. The summed E-state index contributed by atoms with van der Waals surface area (Å²) in [6.07, 6.45) is 7.45. The molecule has 0 atom stereocenters. The quantitative estimate of drug-likeness (QED) is 0.604. The molecule has 0 bridgehead atoms. The summed E-state index contributed by atoms with van der Waals surface area (Å²) in [5, 5.41) is 0. The highest BCUT2D eigenvalue weighted by atomic mass is 14.8. The number of hydrogen-bond acceptors (Lipinski definition) is 2. The van der Waals surface area contributed by atoms with E-state index in [0.717, 1.165) is 18.2 Å². The van der Waals surface area contributed by atoms with Gasteiger partial charge in [-0.05, 0) is 18.9 Å². The number of aliphatic imine (C=N–C) groups is 1. The van der Waals surface area contributed by atoms with Crippen molar-refractivity contribution in [3.8, 4) is 0 Å². The Bertz CT molecular complexity index is 210. The highest BCUT2D eigenvalue weighted by molar-refractivity contribution is 5.99. The molecule has 11 heavy (non-hydrogen) atoms. The van der Waals surface area contributed by atoms with Crippen LogP contribution in [0.4, 0.5) is 0 Å². The summed E-state index contributed by atoms with van der Waals surface area (Å²) in [4.78, 5) is 4.40. The van der Waals surface area contributed by atoms with E-state index in [1.165, 1.54) is 31.4 Å². The Morgan fingerprint density at radius 2 is 2.09 bits per heavy atom. The molecule has 0 spiro atoms. The molecule has 0 saturated heterocycles. The van der Waals surface area contributed by atoms with Crippen LogP contribution in [0.5, 0.6) is 0 Å². The van der Waals surface area contributed by atoms with E-state index in [4.69, 9.17) is 5.73 Å². The monoisotopic (exact) mass is 150 g/mol. The van der Waals surface area contributed by atoms with Gasteiger partial charge in [0.25, 0.3) is 0 Å². The van der Waals surface area contributed by atoms with Crippen molar-refractivity contribution < 1.29 is 0 Å². The molecular formula is C9H14N2. The molecule has 2 aliphatic rings. The Hall–Kier alpha value is -0.790. The molecular weight excluding hydrogens is 136 g/mol. The molecule has 0 aromatic heterocycles. The van der Waals surface area contributed by atoms with Crippen LogP contribution in [0, 0.1) is 5.92 Å². The molecule has 0 aromatic carbocycles. The van der Waals surface area contributed by atoms with E-state index < -0.39 is 0 Å². The molecule has 2 nitrogen and oxygen atoms in total. The lowest BCUT2D eigenvalue weighted by molar-refractivity contribution is 0.731. The van der Waals surface area contributed by atoms with Gasteiger partial charge < -0.3 is 5.73 Å². The Kier molecular flexibility index (Phi) is 1.68. The highest BCUT2D eigenvalue weighted by Crippen LogP contribution is 2.27. The lowest BCUT2D eigenvalue weighted by Gasteiger charge is -2.04. The van der Waals surface area contributed by atoms with Crippen LogP contribution in [0.2, 0.25) is 0 Å². The van der Waals surface area contributed by atoms with Crippen LogP contribution < -0.4 is 5.73 Å². The van der Waals surface area contributed by atoms with E-state index in [9.17, 15) is 0 Å². The minimum atomic E-state index is 0.732. The van der Waals surface area contributed by atoms with Gasteiger partial charge in [-0.25, -0.2) is 0 Å². The van der Waals surface area contributed by atoms with Gasteiger partial charge in [0.1, 0.15) is 0 Å². The highest BCUT2D eigenvalue weighted by Gasteiger charge is 2.21. The van der Waals surface area contributed by atoms with Crippen molar-refractivity contribution in [1.82, 2.24) is 0 Å². The zero-order chi connectivity index (χ0) is 7.68.